The van der Waals surface area contributed by atoms with Crippen LogP contribution < -0.4 is 10.1 Å². The van der Waals surface area contributed by atoms with E-state index in [2.05, 4.69) is 5.32 Å². The second-order valence-electron chi connectivity index (χ2n) is 4.58. The van der Waals surface area contributed by atoms with E-state index in [1.54, 1.807) is 26.0 Å². The van der Waals surface area contributed by atoms with Gasteiger partial charge in [0, 0.05) is 18.3 Å². The fourth-order valence-electron chi connectivity index (χ4n) is 1.44. The molecule has 0 fully saturated rings. The van der Waals surface area contributed by atoms with E-state index in [1.807, 2.05) is 0 Å². The molecule has 0 amide bonds. The van der Waals surface area contributed by atoms with E-state index in [1.165, 1.54) is 20.3 Å². The molecule has 4 nitrogen and oxygen atoms in total. The van der Waals surface area contributed by atoms with E-state index in [9.17, 15) is 9.18 Å². The number of nitrogens with one attached hydrogen (secondary N) is 1. The van der Waals surface area contributed by atoms with Gasteiger partial charge in [-0.2, -0.15) is 0 Å². The van der Waals surface area contributed by atoms with Gasteiger partial charge in [0.2, 0.25) is 0 Å². The predicted molar refractivity (Wildman–Crippen MR) is 67.2 cm³/mol. The van der Waals surface area contributed by atoms with E-state index in [0.29, 0.717) is 12.2 Å². The number of carbonyl (C=O) groups is 1. The first-order valence-electron chi connectivity index (χ1n) is 5.56. The number of carbonyl (C=O) groups excluding carboxylic acids is 1. The molecule has 1 aromatic rings. The van der Waals surface area contributed by atoms with Crippen LogP contribution in [0.4, 0.5) is 10.1 Å². The van der Waals surface area contributed by atoms with Crippen LogP contribution in [0.2, 0.25) is 0 Å². The number of hydrogen-bond donors (Lipinski definition) is 1. The first kappa shape index (κ1) is 14.3. The molecule has 0 aliphatic heterocycles. The third-order valence-electron chi connectivity index (χ3n) is 2.62. The number of ether oxygens (including phenoxy) is 2. The molecule has 0 aliphatic carbocycles. The lowest BCUT2D eigenvalue weighted by Crippen LogP contribution is -2.33. The van der Waals surface area contributed by atoms with Crippen molar-refractivity contribution in [3.05, 3.63) is 24.0 Å². The Balaban J connectivity index is 2.72. The van der Waals surface area contributed by atoms with Crippen molar-refractivity contribution in [2.75, 3.05) is 26.1 Å². The third kappa shape index (κ3) is 3.35. The maximum atomic E-state index is 13.2. The summed E-state index contributed by atoms with van der Waals surface area (Å²) in [7, 11) is 2.76. The molecule has 1 N–H and O–H groups in total. The number of halogens is 1. The number of benzene rings is 1. The Bertz CT molecular complexity index is 432. The molecule has 18 heavy (non-hydrogen) atoms. The van der Waals surface area contributed by atoms with Crippen molar-refractivity contribution in [2.45, 2.75) is 13.8 Å². The normalized spacial score (nSPS) is 10.9. The fraction of sp³-hybridized carbons (Fsp3) is 0.462. The van der Waals surface area contributed by atoms with Gasteiger partial charge in [-0.05, 0) is 26.0 Å². The van der Waals surface area contributed by atoms with Gasteiger partial charge in [0.15, 0.2) is 11.6 Å². The van der Waals surface area contributed by atoms with E-state index in [0.717, 1.165) is 0 Å². The number of anilines is 1. The summed E-state index contributed by atoms with van der Waals surface area (Å²) in [5, 5.41) is 3.05. The van der Waals surface area contributed by atoms with Crippen LogP contribution in [0.3, 0.4) is 0 Å². The van der Waals surface area contributed by atoms with Gasteiger partial charge in [0.25, 0.3) is 0 Å². The van der Waals surface area contributed by atoms with Crippen molar-refractivity contribution in [3.63, 3.8) is 0 Å². The molecule has 0 saturated heterocycles. The molecule has 0 bridgehead atoms. The summed E-state index contributed by atoms with van der Waals surface area (Å²) >= 11 is 0. The van der Waals surface area contributed by atoms with Crippen molar-refractivity contribution in [1.82, 2.24) is 0 Å². The van der Waals surface area contributed by atoms with Crippen LogP contribution in [0.15, 0.2) is 18.2 Å². The summed E-state index contributed by atoms with van der Waals surface area (Å²) in [5.41, 5.74) is 0.0290. The smallest absolute Gasteiger partial charge is 0.313 e. The maximum absolute atomic E-state index is 13.2. The highest BCUT2D eigenvalue weighted by atomic mass is 19.1. The van der Waals surface area contributed by atoms with Crippen LogP contribution >= 0.6 is 0 Å². The van der Waals surface area contributed by atoms with Crippen molar-refractivity contribution in [1.29, 1.82) is 0 Å². The van der Waals surface area contributed by atoms with Gasteiger partial charge >= 0.3 is 5.97 Å². The largest absolute Gasteiger partial charge is 0.494 e. The standard InChI is InChI=1S/C13H18FNO3/c1-13(2,12(16)18-4)8-15-9-5-6-10(14)11(7-9)17-3/h5-7,15H,8H2,1-4H3. The summed E-state index contributed by atoms with van der Waals surface area (Å²) in [6.07, 6.45) is 0. The van der Waals surface area contributed by atoms with Crippen molar-refractivity contribution < 1.29 is 18.7 Å². The van der Waals surface area contributed by atoms with Gasteiger partial charge < -0.3 is 14.8 Å². The third-order valence-corrected chi connectivity index (χ3v) is 2.62. The zero-order valence-electron chi connectivity index (χ0n) is 11.0. The van der Waals surface area contributed by atoms with Crippen molar-refractivity contribution >= 4 is 11.7 Å². The van der Waals surface area contributed by atoms with Crippen LogP contribution in [0, 0.1) is 11.2 Å². The van der Waals surface area contributed by atoms with Gasteiger partial charge in [-0.25, -0.2) is 4.39 Å². The molecule has 0 radical (unpaired) electrons. The summed E-state index contributed by atoms with van der Waals surface area (Å²) in [6, 6.07) is 4.44. The summed E-state index contributed by atoms with van der Waals surface area (Å²) < 4.78 is 22.8. The first-order chi connectivity index (χ1) is 8.40. The number of rotatable bonds is 5. The molecular formula is C13H18FNO3. The minimum Gasteiger partial charge on any atom is -0.494 e. The van der Waals surface area contributed by atoms with E-state index in [4.69, 9.17) is 9.47 Å². The van der Waals surface area contributed by atoms with Gasteiger partial charge in [-0.3, -0.25) is 4.79 Å². The Morgan fingerprint density at radius 2 is 2.06 bits per heavy atom. The molecule has 0 atom stereocenters. The Morgan fingerprint density at radius 1 is 1.39 bits per heavy atom. The van der Waals surface area contributed by atoms with Gasteiger partial charge in [-0.1, -0.05) is 0 Å². The maximum Gasteiger partial charge on any atom is 0.313 e. The minimum atomic E-state index is -0.656. The lowest BCUT2D eigenvalue weighted by atomic mass is 9.93. The van der Waals surface area contributed by atoms with Gasteiger partial charge in [0.1, 0.15) is 0 Å². The Kier molecular flexibility index (Phi) is 4.53. The first-order valence-corrected chi connectivity index (χ1v) is 5.56. The highest BCUT2D eigenvalue weighted by Crippen LogP contribution is 2.23. The number of methoxy groups -OCH3 is 2. The summed E-state index contributed by atoms with van der Waals surface area (Å²) in [5.74, 6) is -0.560. The number of hydrogen-bond acceptors (Lipinski definition) is 4. The average molecular weight is 255 g/mol. The minimum absolute atomic E-state index is 0.163. The van der Waals surface area contributed by atoms with E-state index >= 15 is 0 Å². The van der Waals surface area contributed by atoms with Crippen LogP contribution in [0.25, 0.3) is 0 Å². The lowest BCUT2D eigenvalue weighted by Gasteiger charge is -2.22. The monoisotopic (exact) mass is 255 g/mol. The molecule has 5 heteroatoms. The SMILES string of the molecule is COC(=O)C(C)(C)CNc1ccc(F)c(OC)c1. The summed E-state index contributed by atoms with van der Waals surface area (Å²) in [4.78, 5) is 11.5. The Labute approximate surface area is 106 Å². The Hall–Kier alpha value is -1.78. The van der Waals surface area contributed by atoms with Crippen LogP contribution in [-0.2, 0) is 9.53 Å². The highest BCUT2D eigenvalue weighted by Gasteiger charge is 2.28. The molecule has 1 rings (SSSR count). The molecule has 0 aromatic heterocycles. The zero-order valence-corrected chi connectivity index (χ0v) is 11.0. The molecule has 1 aromatic carbocycles. The lowest BCUT2D eigenvalue weighted by molar-refractivity contribution is -0.149. The molecule has 100 valence electrons. The molecule has 0 aliphatic rings. The van der Waals surface area contributed by atoms with E-state index in [-0.39, 0.29) is 11.7 Å². The molecule has 0 spiro atoms. The fourth-order valence-corrected chi connectivity index (χ4v) is 1.44. The second-order valence-corrected chi connectivity index (χ2v) is 4.58. The topological polar surface area (TPSA) is 47.6 Å². The van der Waals surface area contributed by atoms with Crippen molar-refractivity contribution in [3.8, 4) is 5.75 Å². The Morgan fingerprint density at radius 3 is 2.61 bits per heavy atom. The van der Waals surface area contributed by atoms with Crippen molar-refractivity contribution in [2.24, 2.45) is 5.41 Å². The quantitative estimate of drug-likeness (QED) is 0.821. The van der Waals surface area contributed by atoms with Gasteiger partial charge in [0.05, 0.1) is 19.6 Å². The highest BCUT2D eigenvalue weighted by molar-refractivity contribution is 5.76. The zero-order chi connectivity index (χ0) is 13.8. The van der Waals surface area contributed by atoms with Crippen LogP contribution in [0.1, 0.15) is 13.8 Å². The van der Waals surface area contributed by atoms with Crippen LogP contribution in [-0.4, -0.2) is 26.7 Å². The molecular weight excluding hydrogens is 237 g/mol. The molecule has 0 heterocycles. The van der Waals surface area contributed by atoms with Gasteiger partial charge in [-0.15, -0.1) is 0 Å². The molecule has 0 saturated carbocycles. The molecule has 0 unspecified atom stereocenters. The summed E-state index contributed by atoms with van der Waals surface area (Å²) in [6.45, 7) is 3.92. The number of esters is 1. The average Bonchev–Trinajstić information content (AvgIpc) is 2.36. The van der Waals surface area contributed by atoms with E-state index < -0.39 is 11.2 Å². The van der Waals surface area contributed by atoms with Crippen LogP contribution in [0.5, 0.6) is 5.75 Å². The second kappa shape index (κ2) is 5.71. The predicted octanol–water partition coefficient (Wildman–Crippen LogP) is 2.45.